The van der Waals surface area contributed by atoms with Crippen molar-refractivity contribution in [1.82, 2.24) is 14.5 Å². The van der Waals surface area contributed by atoms with Gasteiger partial charge in [0.2, 0.25) is 0 Å². The van der Waals surface area contributed by atoms with Crippen LogP contribution < -0.4 is 10.3 Å². The quantitative estimate of drug-likeness (QED) is 0.787. The first kappa shape index (κ1) is 19.6. The van der Waals surface area contributed by atoms with Crippen molar-refractivity contribution < 1.29 is 19.4 Å². The molecular weight excluding hydrogens is 362 g/mol. The van der Waals surface area contributed by atoms with Crippen molar-refractivity contribution in [2.75, 3.05) is 20.2 Å². The van der Waals surface area contributed by atoms with Crippen LogP contribution >= 0.6 is 0 Å². The second-order valence-corrected chi connectivity index (χ2v) is 7.04. The number of likely N-dealkylation sites (tertiary alicyclic amines) is 1. The van der Waals surface area contributed by atoms with E-state index in [0.29, 0.717) is 36.9 Å². The number of piperidine rings is 1. The highest BCUT2D eigenvalue weighted by Gasteiger charge is 2.37. The molecule has 4 heterocycles. The lowest BCUT2D eigenvalue weighted by atomic mass is 9.83. The van der Waals surface area contributed by atoms with Gasteiger partial charge in [0.25, 0.3) is 17.9 Å². The summed E-state index contributed by atoms with van der Waals surface area (Å²) in [5.41, 5.74) is 2.44. The molecule has 0 radical (unpaired) electrons. The SMILES string of the molecule is COc1cnc(C)cc1C(=O)N1C[C@@H]2C[C@H](C1)c1cccc(=O)n1C2.O=CO. The largest absolute Gasteiger partial charge is 0.494 e. The van der Waals surface area contributed by atoms with Gasteiger partial charge in [-0.1, -0.05) is 6.07 Å². The number of aromatic nitrogens is 2. The molecule has 0 unspecified atom stereocenters. The van der Waals surface area contributed by atoms with Gasteiger partial charge in [-0.2, -0.15) is 0 Å². The molecule has 1 fully saturated rings. The zero-order valence-electron chi connectivity index (χ0n) is 15.9. The average Bonchev–Trinajstić information content (AvgIpc) is 2.69. The van der Waals surface area contributed by atoms with Gasteiger partial charge in [0, 0.05) is 43.0 Å². The fourth-order valence-electron chi connectivity index (χ4n) is 4.11. The van der Waals surface area contributed by atoms with Crippen LogP contribution in [0.4, 0.5) is 0 Å². The predicted octanol–water partition coefficient (Wildman–Crippen LogP) is 1.52. The molecular formula is C20H23N3O5. The summed E-state index contributed by atoms with van der Waals surface area (Å²) in [7, 11) is 1.55. The van der Waals surface area contributed by atoms with Crippen molar-refractivity contribution >= 4 is 12.4 Å². The fourth-order valence-corrected chi connectivity index (χ4v) is 4.11. The minimum atomic E-state index is -0.250. The van der Waals surface area contributed by atoms with Crippen molar-refractivity contribution in [3.8, 4) is 5.75 Å². The minimum Gasteiger partial charge on any atom is -0.494 e. The Morgan fingerprint density at radius 2 is 2.07 bits per heavy atom. The molecule has 4 rings (SSSR count). The van der Waals surface area contributed by atoms with Crippen LogP contribution in [0.25, 0.3) is 0 Å². The Kier molecular flexibility index (Phi) is 5.77. The number of nitrogens with zero attached hydrogens (tertiary/aromatic N) is 3. The molecule has 2 aromatic heterocycles. The Hall–Kier alpha value is -3.16. The van der Waals surface area contributed by atoms with Crippen LogP contribution in [0.1, 0.15) is 34.1 Å². The number of carbonyl (C=O) groups excluding carboxylic acids is 1. The monoisotopic (exact) mass is 385 g/mol. The van der Waals surface area contributed by atoms with E-state index in [4.69, 9.17) is 14.6 Å². The molecule has 2 aliphatic heterocycles. The molecule has 1 N–H and O–H groups in total. The van der Waals surface area contributed by atoms with E-state index in [2.05, 4.69) is 4.98 Å². The molecule has 2 bridgehead atoms. The molecule has 0 spiro atoms. The summed E-state index contributed by atoms with van der Waals surface area (Å²) in [6.45, 7) is 3.59. The van der Waals surface area contributed by atoms with Crippen LogP contribution in [0, 0.1) is 12.8 Å². The standard InChI is InChI=1S/C19H21N3O3.CH2O2/c1-12-6-15(17(25-2)8-20-12)19(24)21-9-13-7-14(11-21)16-4-3-5-18(23)22(16)10-13;2-1-3/h3-6,8,13-14H,7,9-11H2,1-2H3;1H,(H,2,3)/t13-,14+;/m0./s1. The number of hydrogen-bond donors (Lipinski definition) is 1. The molecule has 8 heteroatoms. The average molecular weight is 385 g/mol. The Bertz CT molecular complexity index is 940. The molecule has 2 aliphatic rings. The van der Waals surface area contributed by atoms with E-state index in [1.807, 2.05) is 28.5 Å². The second-order valence-electron chi connectivity index (χ2n) is 7.04. The van der Waals surface area contributed by atoms with E-state index in [-0.39, 0.29) is 23.9 Å². The molecule has 8 nitrogen and oxygen atoms in total. The zero-order chi connectivity index (χ0) is 20.3. The van der Waals surface area contributed by atoms with E-state index in [0.717, 1.165) is 17.8 Å². The molecule has 0 saturated carbocycles. The van der Waals surface area contributed by atoms with Gasteiger partial charge in [-0.05, 0) is 31.4 Å². The molecule has 2 atom stereocenters. The third-order valence-electron chi connectivity index (χ3n) is 5.22. The Balaban J connectivity index is 0.000000706. The van der Waals surface area contributed by atoms with Gasteiger partial charge in [-0.15, -0.1) is 0 Å². The Morgan fingerprint density at radius 3 is 2.79 bits per heavy atom. The Morgan fingerprint density at radius 1 is 1.32 bits per heavy atom. The topological polar surface area (TPSA) is 102 Å². The fraction of sp³-hybridized carbons (Fsp3) is 0.400. The number of ether oxygens (including phenoxy) is 1. The van der Waals surface area contributed by atoms with Gasteiger partial charge in [0.05, 0.1) is 18.9 Å². The summed E-state index contributed by atoms with van der Waals surface area (Å²) >= 11 is 0. The minimum absolute atomic E-state index is 0.0243. The molecule has 1 saturated heterocycles. The van der Waals surface area contributed by atoms with Crippen molar-refractivity contribution in [1.29, 1.82) is 0 Å². The second kappa shape index (κ2) is 8.24. The maximum Gasteiger partial charge on any atom is 0.290 e. The van der Waals surface area contributed by atoms with Crippen LogP contribution in [-0.4, -0.2) is 52.1 Å². The van der Waals surface area contributed by atoms with Gasteiger partial charge in [-0.3, -0.25) is 19.4 Å². The summed E-state index contributed by atoms with van der Waals surface area (Å²) in [6.07, 6.45) is 2.63. The van der Waals surface area contributed by atoms with Gasteiger partial charge < -0.3 is 19.3 Å². The molecule has 0 aliphatic carbocycles. The summed E-state index contributed by atoms with van der Waals surface area (Å²) < 4.78 is 7.20. The lowest BCUT2D eigenvalue weighted by Crippen LogP contribution is -2.49. The van der Waals surface area contributed by atoms with E-state index in [1.165, 1.54) is 0 Å². The van der Waals surface area contributed by atoms with E-state index >= 15 is 0 Å². The van der Waals surface area contributed by atoms with E-state index in [1.54, 1.807) is 25.4 Å². The molecule has 28 heavy (non-hydrogen) atoms. The first-order valence-electron chi connectivity index (χ1n) is 9.06. The highest BCUT2D eigenvalue weighted by molar-refractivity contribution is 5.97. The molecule has 2 aromatic rings. The lowest BCUT2D eigenvalue weighted by Gasteiger charge is -2.42. The van der Waals surface area contributed by atoms with Gasteiger partial charge >= 0.3 is 0 Å². The van der Waals surface area contributed by atoms with Crippen LogP contribution in [0.2, 0.25) is 0 Å². The van der Waals surface area contributed by atoms with Crippen molar-refractivity contribution in [3.63, 3.8) is 0 Å². The predicted molar refractivity (Wildman–Crippen MR) is 102 cm³/mol. The summed E-state index contributed by atoms with van der Waals surface area (Å²) in [6, 6.07) is 7.21. The third kappa shape index (κ3) is 3.76. The van der Waals surface area contributed by atoms with Crippen molar-refractivity contribution in [2.24, 2.45) is 5.92 Å². The number of amides is 1. The molecule has 148 valence electrons. The van der Waals surface area contributed by atoms with Crippen molar-refractivity contribution in [3.05, 3.63) is 57.8 Å². The number of pyridine rings is 2. The lowest BCUT2D eigenvalue weighted by molar-refractivity contribution is -0.122. The van der Waals surface area contributed by atoms with Crippen LogP contribution in [-0.2, 0) is 11.3 Å². The summed E-state index contributed by atoms with van der Waals surface area (Å²) in [5.74, 6) is 0.996. The molecule has 1 amide bonds. The first-order valence-corrected chi connectivity index (χ1v) is 9.06. The number of rotatable bonds is 2. The van der Waals surface area contributed by atoms with E-state index in [9.17, 15) is 9.59 Å². The number of methoxy groups -OCH3 is 1. The Labute approximate surface area is 162 Å². The number of carboxylic acid groups (broad SMARTS) is 1. The number of hydrogen-bond acceptors (Lipinski definition) is 5. The van der Waals surface area contributed by atoms with Gasteiger partial charge in [0.1, 0.15) is 5.75 Å². The highest BCUT2D eigenvalue weighted by atomic mass is 16.5. The third-order valence-corrected chi connectivity index (χ3v) is 5.22. The highest BCUT2D eigenvalue weighted by Crippen LogP contribution is 2.36. The number of fused-ring (bicyclic) bond motifs is 4. The zero-order valence-corrected chi connectivity index (χ0v) is 15.9. The van der Waals surface area contributed by atoms with Crippen LogP contribution in [0.5, 0.6) is 5.75 Å². The normalized spacial score (nSPS) is 19.7. The summed E-state index contributed by atoms with van der Waals surface area (Å²) in [4.78, 5) is 39.7. The number of carbonyl (C=O) groups is 2. The van der Waals surface area contributed by atoms with Crippen molar-refractivity contribution in [2.45, 2.75) is 25.8 Å². The smallest absolute Gasteiger partial charge is 0.290 e. The first-order chi connectivity index (χ1) is 13.5. The maximum absolute atomic E-state index is 13.1. The van der Waals surface area contributed by atoms with E-state index < -0.39 is 0 Å². The van der Waals surface area contributed by atoms with Crippen LogP contribution in [0.3, 0.4) is 0 Å². The molecule has 0 aromatic carbocycles. The maximum atomic E-state index is 13.1. The van der Waals surface area contributed by atoms with Gasteiger partial charge in [0.15, 0.2) is 0 Å². The number of aryl methyl sites for hydroxylation is 1. The summed E-state index contributed by atoms with van der Waals surface area (Å²) in [5, 5.41) is 6.89. The van der Waals surface area contributed by atoms with Crippen LogP contribution in [0.15, 0.2) is 35.3 Å². The van der Waals surface area contributed by atoms with Gasteiger partial charge in [-0.25, -0.2) is 0 Å².